The van der Waals surface area contributed by atoms with Gasteiger partial charge in [0.2, 0.25) is 0 Å². The Bertz CT molecular complexity index is 693. The smallest absolute Gasteiger partial charge is 0.270 e. The summed E-state index contributed by atoms with van der Waals surface area (Å²) in [4.78, 5) is 30.3. The summed E-state index contributed by atoms with van der Waals surface area (Å²) in [7, 11) is 3.48. The number of nitrogens with one attached hydrogen (secondary N) is 1. The Balaban J connectivity index is 2.42. The van der Waals surface area contributed by atoms with Gasteiger partial charge in [-0.25, -0.2) is 4.98 Å². The van der Waals surface area contributed by atoms with Crippen molar-refractivity contribution in [1.29, 1.82) is 0 Å². The molecular weight excluding hydrogens is 256 g/mol. The second-order valence-electron chi connectivity index (χ2n) is 4.74. The van der Waals surface area contributed by atoms with Crippen LogP contribution >= 0.6 is 0 Å². The number of carbonyl (C=O) groups is 1. The van der Waals surface area contributed by atoms with E-state index in [0.717, 1.165) is 5.56 Å². The van der Waals surface area contributed by atoms with E-state index < -0.39 is 0 Å². The minimum Gasteiger partial charge on any atom is -0.340 e. The summed E-state index contributed by atoms with van der Waals surface area (Å²) >= 11 is 0. The van der Waals surface area contributed by atoms with Crippen molar-refractivity contribution in [2.24, 2.45) is 0 Å². The van der Waals surface area contributed by atoms with Gasteiger partial charge >= 0.3 is 0 Å². The van der Waals surface area contributed by atoms with Gasteiger partial charge in [0.05, 0.1) is 0 Å². The maximum absolute atomic E-state index is 12.4. The van der Waals surface area contributed by atoms with Crippen molar-refractivity contribution in [3.05, 3.63) is 46.0 Å². The Morgan fingerprint density at radius 1 is 1.45 bits per heavy atom. The highest BCUT2D eigenvalue weighted by Crippen LogP contribution is 2.03. The highest BCUT2D eigenvalue weighted by Gasteiger charge is 2.17. The molecule has 0 bridgehead atoms. The Morgan fingerprint density at radius 2 is 2.20 bits per heavy atom. The lowest BCUT2D eigenvalue weighted by atomic mass is 10.2. The quantitative estimate of drug-likeness (QED) is 0.870. The van der Waals surface area contributed by atoms with Crippen LogP contribution in [0.1, 0.15) is 15.9 Å². The molecule has 0 spiro atoms. The molecule has 6 heteroatoms. The van der Waals surface area contributed by atoms with Crippen LogP contribution in [0.2, 0.25) is 0 Å². The van der Waals surface area contributed by atoms with Crippen LogP contribution in [0.25, 0.3) is 5.65 Å². The first kappa shape index (κ1) is 14.2. The summed E-state index contributed by atoms with van der Waals surface area (Å²) in [6, 6.07) is 3.64. The number of hydrogen-bond acceptors (Lipinski definition) is 4. The van der Waals surface area contributed by atoms with Crippen LogP contribution in [0, 0.1) is 6.92 Å². The van der Waals surface area contributed by atoms with Crippen molar-refractivity contribution >= 4 is 11.6 Å². The zero-order valence-corrected chi connectivity index (χ0v) is 11.9. The minimum absolute atomic E-state index is 0.0895. The third-order valence-corrected chi connectivity index (χ3v) is 3.12. The molecular formula is C14H18N4O2. The van der Waals surface area contributed by atoms with Gasteiger partial charge in [0, 0.05) is 32.5 Å². The molecule has 0 atom stereocenters. The molecule has 0 aromatic carbocycles. The normalized spacial score (nSPS) is 10.8. The fourth-order valence-corrected chi connectivity index (χ4v) is 1.92. The van der Waals surface area contributed by atoms with Crippen LogP contribution < -0.4 is 10.9 Å². The molecule has 1 N–H and O–H groups in total. The molecule has 0 fully saturated rings. The number of hydrogen-bond donors (Lipinski definition) is 1. The molecule has 0 saturated carbocycles. The number of amides is 1. The Morgan fingerprint density at radius 3 is 2.90 bits per heavy atom. The number of likely N-dealkylation sites (N-methyl/N-ethyl adjacent to an activating group) is 2. The molecule has 0 aliphatic heterocycles. The minimum atomic E-state index is -0.333. The van der Waals surface area contributed by atoms with Gasteiger partial charge in [0.1, 0.15) is 11.2 Å². The van der Waals surface area contributed by atoms with Gasteiger partial charge in [-0.05, 0) is 25.6 Å². The van der Waals surface area contributed by atoms with E-state index in [2.05, 4.69) is 10.3 Å². The maximum Gasteiger partial charge on any atom is 0.270 e. The molecule has 0 unspecified atom stereocenters. The average Bonchev–Trinajstić information content (AvgIpc) is 2.45. The van der Waals surface area contributed by atoms with E-state index in [-0.39, 0.29) is 17.0 Å². The van der Waals surface area contributed by atoms with Crippen LogP contribution in [0.3, 0.4) is 0 Å². The second kappa shape index (κ2) is 5.83. The summed E-state index contributed by atoms with van der Waals surface area (Å²) in [5.74, 6) is -0.311. The van der Waals surface area contributed by atoms with Gasteiger partial charge in [-0.15, -0.1) is 0 Å². The van der Waals surface area contributed by atoms with E-state index in [1.54, 1.807) is 19.3 Å². The summed E-state index contributed by atoms with van der Waals surface area (Å²) in [6.45, 7) is 3.09. The van der Waals surface area contributed by atoms with Crippen LogP contribution in [-0.2, 0) is 0 Å². The maximum atomic E-state index is 12.4. The fraction of sp³-hybridized carbons (Fsp3) is 0.357. The van der Waals surface area contributed by atoms with Crippen molar-refractivity contribution in [1.82, 2.24) is 19.6 Å². The van der Waals surface area contributed by atoms with Gasteiger partial charge in [-0.3, -0.25) is 14.0 Å². The first-order chi connectivity index (χ1) is 9.54. The number of fused-ring (bicyclic) bond motifs is 1. The highest BCUT2D eigenvalue weighted by molar-refractivity contribution is 5.93. The summed E-state index contributed by atoms with van der Waals surface area (Å²) in [5.41, 5.74) is 1.23. The molecule has 2 heterocycles. The lowest BCUT2D eigenvalue weighted by molar-refractivity contribution is 0.0794. The number of aryl methyl sites for hydroxylation is 1. The number of carbonyl (C=O) groups excluding carboxylic acids is 1. The summed E-state index contributed by atoms with van der Waals surface area (Å²) in [5, 5.41) is 2.96. The second-order valence-corrected chi connectivity index (χ2v) is 4.74. The Hall–Kier alpha value is -2.21. The molecule has 2 aromatic heterocycles. The fourth-order valence-electron chi connectivity index (χ4n) is 1.92. The van der Waals surface area contributed by atoms with Gasteiger partial charge in [0.25, 0.3) is 11.5 Å². The van der Waals surface area contributed by atoms with E-state index in [9.17, 15) is 9.59 Å². The average molecular weight is 274 g/mol. The van der Waals surface area contributed by atoms with Crippen molar-refractivity contribution < 1.29 is 4.79 Å². The Labute approximate surface area is 117 Å². The zero-order chi connectivity index (χ0) is 14.7. The molecule has 2 aromatic rings. The van der Waals surface area contributed by atoms with Gasteiger partial charge in [-0.1, -0.05) is 6.07 Å². The first-order valence-electron chi connectivity index (χ1n) is 6.42. The van der Waals surface area contributed by atoms with Crippen LogP contribution in [-0.4, -0.2) is 47.4 Å². The SMILES string of the molecule is CNCCN(C)C(=O)c1cnc2ccc(C)cn2c1=O. The molecule has 0 radical (unpaired) electrons. The van der Waals surface area contributed by atoms with E-state index in [0.29, 0.717) is 18.7 Å². The van der Waals surface area contributed by atoms with E-state index in [1.165, 1.54) is 15.5 Å². The number of pyridine rings is 1. The van der Waals surface area contributed by atoms with Crippen LogP contribution in [0.15, 0.2) is 29.3 Å². The molecule has 0 saturated heterocycles. The molecule has 20 heavy (non-hydrogen) atoms. The van der Waals surface area contributed by atoms with Crippen LogP contribution in [0.5, 0.6) is 0 Å². The molecule has 6 nitrogen and oxygen atoms in total. The predicted octanol–water partition coefficient (Wildman–Crippen LogP) is 0.294. The standard InChI is InChI=1S/C14H18N4O2/c1-10-4-5-12-16-8-11(14(20)18(12)9-10)13(19)17(3)7-6-15-2/h4-5,8-9,15H,6-7H2,1-3H3. The largest absolute Gasteiger partial charge is 0.340 e. The highest BCUT2D eigenvalue weighted by atomic mass is 16.2. The van der Waals surface area contributed by atoms with Crippen molar-refractivity contribution in [3.63, 3.8) is 0 Å². The monoisotopic (exact) mass is 274 g/mol. The van der Waals surface area contributed by atoms with Crippen molar-refractivity contribution in [3.8, 4) is 0 Å². The number of aromatic nitrogens is 2. The lowest BCUT2D eigenvalue weighted by Crippen LogP contribution is -2.36. The zero-order valence-electron chi connectivity index (χ0n) is 11.9. The topological polar surface area (TPSA) is 66.7 Å². The molecule has 1 amide bonds. The molecule has 106 valence electrons. The van der Waals surface area contributed by atoms with E-state index in [4.69, 9.17) is 0 Å². The summed E-state index contributed by atoms with van der Waals surface area (Å²) < 4.78 is 1.41. The van der Waals surface area contributed by atoms with Crippen molar-refractivity contribution in [2.45, 2.75) is 6.92 Å². The lowest BCUT2D eigenvalue weighted by Gasteiger charge is -2.16. The molecule has 0 aliphatic carbocycles. The predicted molar refractivity (Wildman–Crippen MR) is 77.1 cm³/mol. The van der Waals surface area contributed by atoms with Crippen LogP contribution in [0.4, 0.5) is 0 Å². The third kappa shape index (κ3) is 2.70. The number of rotatable bonds is 4. The Kier molecular flexibility index (Phi) is 4.14. The van der Waals surface area contributed by atoms with Gasteiger partial charge < -0.3 is 10.2 Å². The van der Waals surface area contributed by atoms with Crippen molar-refractivity contribution in [2.75, 3.05) is 27.2 Å². The first-order valence-corrected chi connectivity index (χ1v) is 6.42. The third-order valence-electron chi connectivity index (χ3n) is 3.12. The van der Waals surface area contributed by atoms with Gasteiger partial charge in [-0.2, -0.15) is 0 Å². The molecule has 2 rings (SSSR count). The van der Waals surface area contributed by atoms with E-state index in [1.807, 2.05) is 20.0 Å². The number of nitrogens with zero attached hydrogens (tertiary/aromatic N) is 3. The summed E-state index contributed by atoms with van der Waals surface area (Å²) in [6.07, 6.45) is 3.04. The van der Waals surface area contributed by atoms with E-state index >= 15 is 0 Å². The molecule has 0 aliphatic rings. The van der Waals surface area contributed by atoms with Gasteiger partial charge in [0.15, 0.2) is 0 Å².